The molecule has 2 aromatic rings. The minimum Gasteiger partial charge on any atom is -0.452 e. The molecule has 3 amide bonds. The van der Waals surface area contributed by atoms with Crippen LogP contribution in [-0.2, 0) is 24.3 Å². The van der Waals surface area contributed by atoms with Crippen LogP contribution in [0.15, 0.2) is 47.4 Å². The van der Waals surface area contributed by atoms with Gasteiger partial charge >= 0.3 is 12.0 Å². The zero-order valence-electron chi connectivity index (χ0n) is 16.0. The second-order valence-electron chi connectivity index (χ2n) is 6.62. The number of rotatable bonds is 6. The van der Waals surface area contributed by atoms with E-state index in [1.54, 1.807) is 18.2 Å². The molecule has 1 atom stereocenters. The minimum atomic E-state index is -3.93. The second-order valence-corrected chi connectivity index (χ2v) is 8.67. The van der Waals surface area contributed by atoms with Crippen LogP contribution in [0.1, 0.15) is 6.92 Å². The predicted octanol–water partition coefficient (Wildman–Crippen LogP) is 0.944. The number of hydrogen-bond donors (Lipinski definition) is 1. The Morgan fingerprint density at radius 1 is 1.21 bits per heavy atom. The van der Waals surface area contributed by atoms with Gasteiger partial charge in [-0.15, -0.1) is 0 Å². The van der Waals surface area contributed by atoms with E-state index in [1.807, 2.05) is 12.1 Å². The Kier molecular flexibility index (Phi) is 5.85. The minimum absolute atomic E-state index is 0.0457. The summed E-state index contributed by atoms with van der Waals surface area (Å²) in [5.74, 6) is -1.55. The van der Waals surface area contributed by atoms with Crippen molar-refractivity contribution in [2.75, 3.05) is 26.7 Å². The third-order valence-electron chi connectivity index (χ3n) is 4.56. The van der Waals surface area contributed by atoms with Crippen molar-refractivity contribution in [3.63, 3.8) is 0 Å². The van der Waals surface area contributed by atoms with Gasteiger partial charge in [-0.1, -0.05) is 30.3 Å². The lowest BCUT2D eigenvalue weighted by atomic mass is 10.1. The van der Waals surface area contributed by atoms with E-state index in [-0.39, 0.29) is 11.4 Å². The Balaban J connectivity index is 1.66. The van der Waals surface area contributed by atoms with E-state index in [9.17, 15) is 22.8 Å². The smallest absolute Gasteiger partial charge is 0.324 e. The van der Waals surface area contributed by atoms with E-state index in [0.29, 0.717) is 6.54 Å². The van der Waals surface area contributed by atoms with Gasteiger partial charge in [-0.05, 0) is 29.8 Å². The van der Waals surface area contributed by atoms with Crippen molar-refractivity contribution in [3.05, 3.63) is 42.5 Å². The van der Waals surface area contributed by atoms with E-state index < -0.39 is 40.6 Å². The lowest BCUT2D eigenvalue weighted by molar-refractivity contribution is -0.157. The molecule has 0 bridgehead atoms. The molecule has 29 heavy (non-hydrogen) atoms. The van der Waals surface area contributed by atoms with Gasteiger partial charge in [-0.3, -0.25) is 14.5 Å². The Bertz CT molecular complexity index is 1070. The molecular formula is C19H21N3O6S. The topological polar surface area (TPSA) is 113 Å². The summed E-state index contributed by atoms with van der Waals surface area (Å²) < 4.78 is 31.4. The Hall–Kier alpha value is -2.98. The maximum absolute atomic E-state index is 12.8. The number of nitrogens with zero attached hydrogens (tertiary/aromatic N) is 2. The standard InChI is InChI=1S/C19H21N3O6S/c1-13(18(24)22-10-9-20-19(22)25)28-17(23)12-21(2)29(26,27)16-8-7-14-5-3-4-6-15(14)11-16/h3-8,11,13H,9-10,12H2,1-2H3,(H,20,25)/t13-/m0/s1. The van der Waals surface area contributed by atoms with Gasteiger partial charge in [0.1, 0.15) is 6.54 Å². The molecule has 1 aliphatic rings. The first-order chi connectivity index (χ1) is 13.7. The Morgan fingerprint density at radius 2 is 1.90 bits per heavy atom. The van der Waals surface area contributed by atoms with Crippen LogP contribution in [0.25, 0.3) is 10.8 Å². The van der Waals surface area contributed by atoms with Gasteiger partial charge in [0.25, 0.3) is 5.91 Å². The first kappa shape index (κ1) is 20.7. The van der Waals surface area contributed by atoms with Crippen molar-refractivity contribution in [3.8, 4) is 0 Å². The van der Waals surface area contributed by atoms with Crippen LogP contribution in [0.5, 0.6) is 0 Å². The molecular weight excluding hydrogens is 398 g/mol. The summed E-state index contributed by atoms with van der Waals surface area (Å²) in [6.45, 7) is 1.29. The number of carbonyl (C=O) groups excluding carboxylic acids is 3. The van der Waals surface area contributed by atoms with Gasteiger partial charge < -0.3 is 10.1 Å². The fraction of sp³-hybridized carbons (Fsp3) is 0.316. The predicted molar refractivity (Wildman–Crippen MR) is 104 cm³/mol. The van der Waals surface area contributed by atoms with Crippen LogP contribution >= 0.6 is 0 Å². The summed E-state index contributed by atoms with van der Waals surface area (Å²) in [5.41, 5.74) is 0. The van der Waals surface area contributed by atoms with Crippen molar-refractivity contribution in [1.82, 2.24) is 14.5 Å². The quantitative estimate of drug-likeness (QED) is 0.698. The third kappa shape index (κ3) is 4.38. The molecule has 1 aliphatic heterocycles. The molecule has 154 valence electrons. The largest absolute Gasteiger partial charge is 0.452 e. The van der Waals surface area contributed by atoms with Crippen LogP contribution in [0.2, 0.25) is 0 Å². The van der Waals surface area contributed by atoms with Crippen molar-refractivity contribution in [2.24, 2.45) is 0 Å². The summed E-state index contributed by atoms with van der Waals surface area (Å²) in [6.07, 6.45) is -1.21. The van der Waals surface area contributed by atoms with E-state index in [0.717, 1.165) is 20.0 Å². The highest BCUT2D eigenvalue weighted by molar-refractivity contribution is 7.89. The Labute approximate surface area is 168 Å². The second kappa shape index (κ2) is 8.18. The Morgan fingerprint density at radius 3 is 2.55 bits per heavy atom. The molecule has 0 saturated carbocycles. The van der Waals surface area contributed by atoms with Crippen LogP contribution in [-0.4, -0.2) is 68.3 Å². The first-order valence-electron chi connectivity index (χ1n) is 8.94. The summed E-state index contributed by atoms with van der Waals surface area (Å²) in [4.78, 5) is 36.9. The molecule has 0 aromatic heterocycles. The number of hydrogen-bond acceptors (Lipinski definition) is 6. The third-order valence-corrected chi connectivity index (χ3v) is 6.36. The number of carbonyl (C=O) groups is 3. The van der Waals surface area contributed by atoms with Crippen molar-refractivity contribution < 1.29 is 27.5 Å². The van der Waals surface area contributed by atoms with Gasteiger partial charge in [-0.2, -0.15) is 4.31 Å². The summed E-state index contributed by atoms with van der Waals surface area (Å²) >= 11 is 0. The lowest BCUT2D eigenvalue weighted by Crippen LogP contribution is -2.43. The zero-order valence-corrected chi connectivity index (χ0v) is 16.8. The molecule has 0 radical (unpaired) electrons. The molecule has 1 fully saturated rings. The maximum atomic E-state index is 12.8. The number of ether oxygens (including phenoxy) is 1. The highest BCUT2D eigenvalue weighted by Crippen LogP contribution is 2.21. The number of esters is 1. The van der Waals surface area contributed by atoms with Gasteiger partial charge in [0.2, 0.25) is 10.0 Å². The summed E-state index contributed by atoms with van der Waals surface area (Å²) in [7, 11) is -2.68. The number of imide groups is 1. The number of sulfonamides is 1. The molecule has 0 aliphatic carbocycles. The van der Waals surface area contributed by atoms with E-state index >= 15 is 0 Å². The SMILES string of the molecule is C[C@H](OC(=O)CN(C)S(=O)(=O)c1ccc2ccccc2c1)C(=O)N1CCNC1=O. The van der Waals surface area contributed by atoms with E-state index in [4.69, 9.17) is 4.74 Å². The van der Waals surface area contributed by atoms with Crippen molar-refractivity contribution in [2.45, 2.75) is 17.9 Å². The number of nitrogens with one attached hydrogen (secondary N) is 1. The molecule has 3 rings (SSSR count). The number of likely N-dealkylation sites (N-methyl/N-ethyl adjacent to an activating group) is 1. The van der Waals surface area contributed by atoms with Crippen LogP contribution in [0, 0.1) is 0 Å². The highest BCUT2D eigenvalue weighted by atomic mass is 32.2. The number of benzene rings is 2. The van der Waals surface area contributed by atoms with E-state index in [1.165, 1.54) is 26.1 Å². The fourth-order valence-electron chi connectivity index (χ4n) is 2.96. The van der Waals surface area contributed by atoms with E-state index in [2.05, 4.69) is 5.32 Å². The normalized spacial score (nSPS) is 15.4. The molecule has 1 heterocycles. The van der Waals surface area contributed by atoms with Gasteiger partial charge in [0.05, 0.1) is 4.90 Å². The van der Waals surface area contributed by atoms with Crippen LogP contribution in [0.3, 0.4) is 0 Å². The zero-order chi connectivity index (χ0) is 21.2. The van der Waals surface area contributed by atoms with Gasteiger partial charge in [0.15, 0.2) is 6.10 Å². The average Bonchev–Trinajstić information content (AvgIpc) is 3.12. The lowest BCUT2D eigenvalue weighted by Gasteiger charge is -2.20. The highest BCUT2D eigenvalue weighted by Gasteiger charge is 2.32. The van der Waals surface area contributed by atoms with Crippen LogP contribution < -0.4 is 5.32 Å². The molecule has 10 heteroatoms. The summed E-state index contributed by atoms with van der Waals surface area (Å²) in [5, 5.41) is 4.13. The molecule has 0 unspecified atom stereocenters. The van der Waals surface area contributed by atoms with Crippen LogP contribution in [0.4, 0.5) is 4.79 Å². The molecule has 1 N–H and O–H groups in total. The van der Waals surface area contributed by atoms with Gasteiger partial charge in [-0.25, -0.2) is 13.2 Å². The average molecular weight is 419 g/mol. The molecule has 0 spiro atoms. The number of amides is 3. The van der Waals surface area contributed by atoms with Crippen molar-refractivity contribution in [1.29, 1.82) is 0 Å². The molecule has 2 aromatic carbocycles. The molecule has 1 saturated heterocycles. The summed E-state index contributed by atoms with van der Waals surface area (Å²) in [6, 6.07) is 11.5. The fourth-order valence-corrected chi connectivity index (χ4v) is 4.11. The maximum Gasteiger partial charge on any atom is 0.324 e. The monoisotopic (exact) mass is 419 g/mol. The first-order valence-corrected chi connectivity index (χ1v) is 10.4. The van der Waals surface area contributed by atoms with Crippen molar-refractivity contribution >= 4 is 38.7 Å². The molecule has 9 nitrogen and oxygen atoms in total. The number of fused-ring (bicyclic) bond motifs is 1. The van der Waals surface area contributed by atoms with Gasteiger partial charge in [0, 0.05) is 20.1 Å². The number of urea groups is 1.